The molecule has 0 bridgehead atoms. The number of hydrogen-bond donors (Lipinski definition) is 1. The molecule has 2 rings (SSSR count). The minimum Gasteiger partial charge on any atom is -0.507 e. The number of alkyl halides is 1. The van der Waals surface area contributed by atoms with Crippen LogP contribution in [0, 0.1) is 0 Å². The molecule has 1 aromatic heterocycles. The van der Waals surface area contributed by atoms with E-state index in [2.05, 4.69) is 0 Å². The lowest BCUT2D eigenvalue weighted by Gasteiger charge is -2.12. The Balaban J connectivity index is 2.80. The van der Waals surface area contributed by atoms with Crippen LogP contribution in [0.5, 0.6) is 5.75 Å². The van der Waals surface area contributed by atoms with Crippen molar-refractivity contribution in [3.8, 4) is 5.75 Å². The van der Waals surface area contributed by atoms with E-state index < -0.39 is 5.67 Å². The van der Waals surface area contributed by atoms with Gasteiger partial charge in [0.2, 0.25) is 0 Å². The predicted octanol–water partition coefficient (Wildman–Crippen LogP) is 3.34. The molecule has 0 spiro atoms. The summed E-state index contributed by atoms with van der Waals surface area (Å²) in [4.78, 5) is 0. The number of phenols is 1. The van der Waals surface area contributed by atoms with Crippen molar-refractivity contribution in [3.63, 3.8) is 0 Å². The molecular weight excluding hydrogens is 183 g/mol. The van der Waals surface area contributed by atoms with Crippen molar-refractivity contribution < 1.29 is 13.9 Å². The van der Waals surface area contributed by atoms with Crippen LogP contribution in [0.15, 0.2) is 28.9 Å². The summed E-state index contributed by atoms with van der Waals surface area (Å²) in [7, 11) is 0. The highest BCUT2D eigenvalue weighted by molar-refractivity contribution is 5.87. The Morgan fingerprint density at radius 2 is 2.07 bits per heavy atom. The van der Waals surface area contributed by atoms with Crippen LogP contribution in [0.1, 0.15) is 19.4 Å². The van der Waals surface area contributed by atoms with Crippen LogP contribution in [-0.2, 0) is 5.67 Å². The minimum atomic E-state index is -1.51. The fourth-order valence-corrected chi connectivity index (χ4v) is 1.51. The highest BCUT2D eigenvalue weighted by atomic mass is 19.1. The van der Waals surface area contributed by atoms with Crippen molar-refractivity contribution in [2.45, 2.75) is 19.5 Å². The maximum Gasteiger partial charge on any atom is 0.137 e. The summed E-state index contributed by atoms with van der Waals surface area (Å²) < 4.78 is 18.8. The Kier molecular flexibility index (Phi) is 1.77. The molecule has 2 nitrogen and oxygen atoms in total. The monoisotopic (exact) mass is 194 g/mol. The largest absolute Gasteiger partial charge is 0.507 e. The fraction of sp³-hybridized carbons (Fsp3) is 0.273. The normalized spacial score (nSPS) is 12.2. The Labute approximate surface area is 81.0 Å². The molecule has 0 unspecified atom stereocenters. The van der Waals surface area contributed by atoms with Crippen LogP contribution < -0.4 is 0 Å². The number of aromatic hydroxyl groups is 1. The standard InChI is InChI=1S/C11H11FO2/c1-11(2,12)7-6-14-9-5-3-4-8(13)10(7)9/h3-6,13H,1-2H3. The summed E-state index contributed by atoms with van der Waals surface area (Å²) in [5.41, 5.74) is -0.624. The third-order valence-electron chi connectivity index (χ3n) is 2.22. The summed E-state index contributed by atoms with van der Waals surface area (Å²) >= 11 is 0. The van der Waals surface area contributed by atoms with Gasteiger partial charge in [0.1, 0.15) is 17.0 Å². The Bertz CT molecular complexity index is 466. The van der Waals surface area contributed by atoms with E-state index in [1.165, 1.54) is 26.2 Å². The molecule has 0 aliphatic heterocycles. The lowest BCUT2D eigenvalue weighted by atomic mass is 9.99. The van der Waals surface area contributed by atoms with Crippen LogP contribution in [0.4, 0.5) is 4.39 Å². The lowest BCUT2D eigenvalue weighted by Crippen LogP contribution is -2.07. The van der Waals surface area contributed by atoms with E-state index >= 15 is 0 Å². The van der Waals surface area contributed by atoms with Gasteiger partial charge < -0.3 is 9.52 Å². The second-order valence-corrected chi connectivity index (χ2v) is 3.77. The number of benzene rings is 1. The van der Waals surface area contributed by atoms with E-state index in [4.69, 9.17) is 4.42 Å². The van der Waals surface area contributed by atoms with Gasteiger partial charge in [-0.3, -0.25) is 0 Å². The Hall–Kier alpha value is -1.51. The molecule has 0 atom stereocenters. The summed E-state index contributed by atoms with van der Waals surface area (Å²) in [6.45, 7) is 2.87. The van der Waals surface area contributed by atoms with Gasteiger partial charge in [-0.1, -0.05) is 6.07 Å². The fourth-order valence-electron chi connectivity index (χ4n) is 1.51. The number of fused-ring (bicyclic) bond motifs is 1. The van der Waals surface area contributed by atoms with Crippen molar-refractivity contribution in [1.82, 2.24) is 0 Å². The number of phenolic OH excluding ortho intramolecular Hbond substituents is 1. The van der Waals surface area contributed by atoms with Gasteiger partial charge in [-0.2, -0.15) is 0 Å². The molecule has 14 heavy (non-hydrogen) atoms. The van der Waals surface area contributed by atoms with Crippen LogP contribution in [0.2, 0.25) is 0 Å². The minimum absolute atomic E-state index is 0.0528. The van der Waals surface area contributed by atoms with Crippen molar-refractivity contribution in [2.75, 3.05) is 0 Å². The van der Waals surface area contributed by atoms with E-state index in [1.807, 2.05) is 0 Å². The molecule has 2 aromatic rings. The van der Waals surface area contributed by atoms with Gasteiger partial charge in [0.05, 0.1) is 11.6 Å². The number of halogens is 1. The third kappa shape index (κ3) is 1.25. The number of rotatable bonds is 1. The van der Waals surface area contributed by atoms with Gasteiger partial charge in [-0.05, 0) is 26.0 Å². The van der Waals surface area contributed by atoms with Crippen LogP contribution in [-0.4, -0.2) is 5.11 Å². The third-order valence-corrected chi connectivity index (χ3v) is 2.22. The first-order valence-electron chi connectivity index (χ1n) is 4.39. The topological polar surface area (TPSA) is 33.4 Å². The molecular formula is C11H11FO2. The maximum absolute atomic E-state index is 13.7. The Morgan fingerprint density at radius 3 is 2.71 bits per heavy atom. The molecule has 1 aromatic carbocycles. The van der Waals surface area contributed by atoms with Crippen molar-refractivity contribution in [1.29, 1.82) is 0 Å². The number of furan rings is 1. The first kappa shape index (κ1) is 9.06. The molecule has 0 aliphatic carbocycles. The lowest BCUT2D eigenvalue weighted by molar-refractivity contribution is 0.221. The molecule has 3 heteroatoms. The molecule has 0 aliphatic rings. The zero-order valence-corrected chi connectivity index (χ0v) is 8.04. The number of hydrogen-bond acceptors (Lipinski definition) is 2. The molecule has 0 saturated carbocycles. The highest BCUT2D eigenvalue weighted by Gasteiger charge is 2.25. The quantitative estimate of drug-likeness (QED) is 0.755. The van der Waals surface area contributed by atoms with Crippen molar-refractivity contribution in [3.05, 3.63) is 30.0 Å². The van der Waals surface area contributed by atoms with Gasteiger partial charge in [0, 0.05) is 5.56 Å². The predicted molar refractivity (Wildman–Crippen MR) is 52.0 cm³/mol. The van der Waals surface area contributed by atoms with Gasteiger partial charge in [-0.15, -0.1) is 0 Å². The average molecular weight is 194 g/mol. The first-order valence-corrected chi connectivity index (χ1v) is 4.39. The van der Waals surface area contributed by atoms with Gasteiger partial charge >= 0.3 is 0 Å². The van der Waals surface area contributed by atoms with Gasteiger partial charge in [-0.25, -0.2) is 4.39 Å². The average Bonchev–Trinajstić information content (AvgIpc) is 2.47. The molecule has 0 amide bonds. The molecule has 1 heterocycles. The van der Waals surface area contributed by atoms with Crippen molar-refractivity contribution in [2.24, 2.45) is 0 Å². The van der Waals surface area contributed by atoms with E-state index in [-0.39, 0.29) is 5.75 Å². The molecule has 0 radical (unpaired) electrons. The second-order valence-electron chi connectivity index (χ2n) is 3.77. The highest BCUT2D eigenvalue weighted by Crippen LogP contribution is 2.37. The second kappa shape index (κ2) is 2.74. The van der Waals surface area contributed by atoms with Gasteiger partial charge in [0.15, 0.2) is 0 Å². The maximum atomic E-state index is 13.7. The molecule has 1 N–H and O–H groups in total. The van der Waals surface area contributed by atoms with Crippen LogP contribution >= 0.6 is 0 Å². The first-order chi connectivity index (χ1) is 6.50. The van der Waals surface area contributed by atoms with Gasteiger partial charge in [0.25, 0.3) is 0 Å². The zero-order chi connectivity index (χ0) is 10.3. The SMILES string of the molecule is CC(C)(F)c1coc2cccc(O)c12. The van der Waals surface area contributed by atoms with E-state index in [9.17, 15) is 9.50 Å². The van der Waals surface area contributed by atoms with E-state index in [0.29, 0.717) is 16.5 Å². The summed E-state index contributed by atoms with van der Waals surface area (Å²) in [5, 5.41) is 10.0. The molecule has 0 saturated heterocycles. The Morgan fingerprint density at radius 1 is 1.36 bits per heavy atom. The van der Waals surface area contributed by atoms with E-state index in [1.54, 1.807) is 12.1 Å². The summed E-state index contributed by atoms with van der Waals surface area (Å²) in [6.07, 6.45) is 1.35. The van der Waals surface area contributed by atoms with Crippen molar-refractivity contribution >= 4 is 11.0 Å². The summed E-state index contributed by atoms with van der Waals surface area (Å²) in [5.74, 6) is 0.0528. The molecule has 74 valence electrons. The summed E-state index contributed by atoms with van der Waals surface area (Å²) in [6, 6.07) is 4.88. The van der Waals surface area contributed by atoms with Crippen LogP contribution in [0.3, 0.4) is 0 Å². The molecule has 0 fully saturated rings. The van der Waals surface area contributed by atoms with E-state index in [0.717, 1.165) is 0 Å². The van der Waals surface area contributed by atoms with Crippen LogP contribution in [0.25, 0.3) is 11.0 Å². The zero-order valence-electron chi connectivity index (χ0n) is 8.04. The smallest absolute Gasteiger partial charge is 0.137 e.